The van der Waals surface area contributed by atoms with Gasteiger partial charge in [0.15, 0.2) is 5.65 Å². The topological polar surface area (TPSA) is 98.1 Å². The molecule has 0 aliphatic heterocycles. The molecule has 0 saturated heterocycles. The number of ether oxygens (including phenoxy) is 2. The summed E-state index contributed by atoms with van der Waals surface area (Å²) in [4.78, 5) is 30.0. The molecular formula is C19H21N5O4. The molecular weight excluding hydrogens is 362 g/mol. The monoisotopic (exact) mass is 383 g/mol. The first-order chi connectivity index (χ1) is 13.4. The second-order valence-corrected chi connectivity index (χ2v) is 6.20. The predicted molar refractivity (Wildman–Crippen MR) is 104 cm³/mol. The van der Waals surface area contributed by atoms with Gasteiger partial charge in [0.1, 0.15) is 12.3 Å². The number of hydrogen-bond donors (Lipinski definition) is 1. The summed E-state index contributed by atoms with van der Waals surface area (Å²) >= 11 is 0. The van der Waals surface area contributed by atoms with E-state index in [-0.39, 0.29) is 24.4 Å². The number of amides is 1. The van der Waals surface area contributed by atoms with Crippen LogP contribution in [0.3, 0.4) is 0 Å². The lowest BCUT2D eigenvalue weighted by molar-refractivity contribution is -0.138. The number of nitrogens with zero attached hydrogens (tertiary/aromatic N) is 4. The summed E-state index contributed by atoms with van der Waals surface area (Å²) in [6.45, 7) is 1.99. The zero-order valence-corrected chi connectivity index (χ0v) is 16.1. The molecule has 1 aromatic carbocycles. The van der Waals surface area contributed by atoms with Gasteiger partial charge in [-0.1, -0.05) is 0 Å². The number of benzene rings is 1. The number of esters is 1. The average Bonchev–Trinajstić information content (AvgIpc) is 3.10. The van der Waals surface area contributed by atoms with Crippen molar-refractivity contribution in [2.75, 3.05) is 38.0 Å². The Bertz CT molecular complexity index is 1010. The van der Waals surface area contributed by atoms with E-state index in [1.165, 1.54) is 7.11 Å². The summed E-state index contributed by atoms with van der Waals surface area (Å²) in [7, 11) is 4.69. The Morgan fingerprint density at radius 3 is 2.57 bits per heavy atom. The number of hydrogen-bond acceptors (Lipinski definition) is 7. The number of nitrogens with one attached hydrogen (secondary N) is 1. The molecule has 3 aromatic rings. The highest BCUT2D eigenvalue weighted by atomic mass is 16.5. The van der Waals surface area contributed by atoms with Crippen LogP contribution in [0.1, 0.15) is 15.9 Å². The second-order valence-electron chi connectivity index (χ2n) is 6.20. The Balaban J connectivity index is 1.82. The smallest absolute Gasteiger partial charge is 0.325 e. The van der Waals surface area contributed by atoms with Gasteiger partial charge in [-0.2, -0.15) is 4.98 Å². The lowest BCUT2D eigenvalue weighted by Gasteiger charge is -2.18. The van der Waals surface area contributed by atoms with E-state index in [9.17, 15) is 9.59 Å². The molecule has 9 heteroatoms. The molecule has 0 bridgehead atoms. The van der Waals surface area contributed by atoms with E-state index in [1.807, 2.05) is 13.0 Å². The molecule has 0 aliphatic rings. The van der Waals surface area contributed by atoms with Gasteiger partial charge in [0.25, 0.3) is 5.91 Å². The van der Waals surface area contributed by atoms with Gasteiger partial charge >= 0.3 is 5.97 Å². The fourth-order valence-corrected chi connectivity index (χ4v) is 2.66. The number of methoxy groups -OCH3 is 2. The van der Waals surface area contributed by atoms with Crippen LogP contribution in [0.5, 0.6) is 5.75 Å². The molecule has 0 radical (unpaired) electrons. The highest BCUT2D eigenvalue weighted by molar-refractivity contribution is 6.03. The molecule has 1 N–H and O–H groups in total. The van der Waals surface area contributed by atoms with Gasteiger partial charge in [0, 0.05) is 12.6 Å². The van der Waals surface area contributed by atoms with Gasteiger partial charge in [-0.05, 0) is 42.8 Å². The van der Waals surface area contributed by atoms with Crippen molar-refractivity contribution in [3.05, 3.63) is 47.7 Å². The Labute approximate surface area is 161 Å². The number of pyridine rings is 1. The number of anilines is 2. The van der Waals surface area contributed by atoms with E-state index >= 15 is 0 Å². The minimum absolute atomic E-state index is 0.108. The summed E-state index contributed by atoms with van der Waals surface area (Å²) in [5.74, 6) is 0.198. The van der Waals surface area contributed by atoms with Gasteiger partial charge in [0.05, 0.1) is 26.1 Å². The first-order valence-corrected chi connectivity index (χ1v) is 8.51. The Morgan fingerprint density at radius 1 is 1.21 bits per heavy atom. The molecule has 0 atom stereocenters. The minimum Gasteiger partial charge on any atom is -0.497 e. The summed E-state index contributed by atoms with van der Waals surface area (Å²) in [5, 5.41) is 7.01. The lowest BCUT2D eigenvalue weighted by atomic mass is 10.2. The van der Waals surface area contributed by atoms with Crippen LogP contribution < -0.4 is 15.0 Å². The van der Waals surface area contributed by atoms with Crippen LogP contribution in [0.15, 0.2) is 36.5 Å². The van der Waals surface area contributed by atoms with Crippen molar-refractivity contribution < 1.29 is 19.1 Å². The maximum absolute atomic E-state index is 12.4. The molecule has 9 nitrogen and oxygen atoms in total. The molecule has 3 rings (SSSR count). The SMILES string of the molecule is COC(=O)CN(C)c1cc(C)c2nc(NC(=O)c3ccc(OC)cc3)nn2c1. The standard InChI is InChI=1S/C19H21N5O4/c1-12-9-14(23(2)11-16(25)28-4)10-24-17(12)20-19(22-24)21-18(26)13-5-7-15(27-3)8-6-13/h5-10H,11H2,1-4H3,(H,21,22,26). The van der Waals surface area contributed by atoms with Crippen molar-refractivity contribution in [1.29, 1.82) is 0 Å². The van der Waals surface area contributed by atoms with E-state index in [2.05, 4.69) is 15.4 Å². The summed E-state index contributed by atoms with van der Waals surface area (Å²) in [5.41, 5.74) is 2.70. The normalized spacial score (nSPS) is 10.6. The van der Waals surface area contributed by atoms with Crippen molar-refractivity contribution in [3.8, 4) is 5.75 Å². The number of aryl methyl sites for hydroxylation is 1. The molecule has 0 saturated carbocycles. The van der Waals surface area contributed by atoms with Crippen molar-refractivity contribution >= 4 is 29.2 Å². The highest BCUT2D eigenvalue weighted by Gasteiger charge is 2.14. The first kappa shape index (κ1) is 19.2. The van der Waals surface area contributed by atoms with Gasteiger partial charge in [-0.15, -0.1) is 5.10 Å². The minimum atomic E-state index is -0.341. The Kier molecular flexibility index (Phi) is 5.44. The van der Waals surface area contributed by atoms with Gasteiger partial charge in [-0.3, -0.25) is 14.9 Å². The quantitative estimate of drug-likeness (QED) is 0.649. The van der Waals surface area contributed by atoms with E-state index in [1.54, 1.807) is 54.0 Å². The van der Waals surface area contributed by atoms with Crippen LogP contribution in [0.4, 0.5) is 11.6 Å². The van der Waals surface area contributed by atoms with Crippen molar-refractivity contribution in [2.45, 2.75) is 6.92 Å². The Hall–Kier alpha value is -3.62. The van der Waals surface area contributed by atoms with E-state index < -0.39 is 0 Å². The number of rotatable bonds is 6. The second kappa shape index (κ2) is 7.95. The van der Waals surface area contributed by atoms with Gasteiger partial charge in [-0.25, -0.2) is 4.52 Å². The van der Waals surface area contributed by atoms with Crippen LogP contribution >= 0.6 is 0 Å². The number of carbonyl (C=O) groups is 2. The zero-order chi connectivity index (χ0) is 20.3. The number of carbonyl (C=O) groups excluding carboxylic acids is 2. The van der Waals surface area contributed by atoms with Crippen LogP contribution in [-0.2, 0) is 9.53 Å². The predicted octanol–water partition coefficient (Wildman–Crippen LogP) is 1.91. The third-order valence-corrected chi connectivity index (χ3v) is 4.22. The maximum Gasteiger partial charge on any atom is 0.325 e. The maximum atomic E-state index is 12.4. The fourth-order valence-electron chi connectivity index (χ4n) is 2.66. The molecule has 2 aromatic heterocycles. The summed E-state index contributed by atoms with van der Waals surface area (Å²) < 4.78 is 11.4. The van der Waals surface area contributed by atoms with Gasteiger partial charge < -0.3 is 14.4 Å². The molecule has 1 amide bonds. The van der Waals surface area contributed by atoms with Crippen molar-refractivity contribution in [1.82, 2.24) is 14.6 Å². The Morgan fingerprint density at radius 2 is 1.93 bits per heavy atom. The third-order valence-electron chi connectivity index (χ3n) is 4.22. The molecule has 2 heterocycles. The van der Waals surface area contributed by atoms with Crippen molar-refractivity contribution in [2.24, 2.45) is 0 Å². The third kappa shape index (κ3) is 4.03. The number of aromatic nitrogens is 3. The van der Waals surface area contributed by atoms with E-state index in [4.69, 9.17) is 9.47 Å². The highest BCUT2D eigenvalue weighted by Crippen LogP contribution is 2.20. The van der Waals surface area contributed by atoms with Crippen LogP contribution in [-0.4, -0.2) is 54.3 Å². The zero-order valence-electron chi connectivity index (χ0n) is 16.1. The summed E-state index contributed by atoms with van der Waals surface area (Å²) in [6.07, 6.45) is 1.74. The first-order valence-electron chi connectivity index (χ1n) is 8.51. The lowest BCUT2D eigenvalue weighted by Crippen LogP contribution is -2.26. The average molecular weight is 383 g/mol. The largest absolute Gasteiger partial charge is 0.497 e. The fraction of sp³-hybridized carbons (Fsp3) is 0.263. The van der Waals surface area contributed by atoms with Crippen molar-refractivity contribution in [3.63, 3.8) is 0 Å². The van der Waals surface area contributed by atoms with Gasteiger partial charge in [0.2, 0.25) is 5.95 Å². The molecule has 0 unspecified atom stereocenters. The van der Waals surface area contributed by atoms with E-state index in [0.717, 1.165) is 11.3 Å². The van der Waals surface area contributed by atoms with Crippen LogP contribution in [0, 0.1) is 6.92 Å². The van der Waals surface area contributed by atoms with Crippen LogP contribution in [0.25, 0.3) is 5.65 Å². The summed E-state index contributed by atoms with van der Waals surface area (Å²) in [6, 6.07) is 8.63. The molecule has 0 fully saturated rings. The molecule has 0 aliphatic carbocycles. The molecule has 28 heavy (non-hydrogen) atoms. The molecule has 0 spiro atoms. The number of likely N-dealkylation sites (N-methyl/N-ethyl adjacent to an activating group) is 1. The number of fused-ring (bicyclic) bond motifs is 1. The molecule has 146 valence electrons. The van der Waals surface area contributed by atoms with Crippen LogP contribution in [0.2, 0.25) is 0 Å². The van der Waals surface area contributed by atoms with E-state index in [0.29, 0.717) is 17.0 Å².